The van der Waals surface area contributed by atoms with Gasteiger partial charge in [-0.2, -0.15) is 0 Å². The van der Waals surface area contributed by atoms with Gasteiger partial charge in [0.15, 0.2) is 0 Å². The maximum atomic E-state index is 12.2. The highest BCUT2D eigenvalue weighted by Gasteiger charge is 2.25. The summed E-state index contributed by atoms with van der Waals surface area (Å²) < 4.78 is 0. The molecule has 3 heteroatoms. The molecule has 1 heterocycles. The Hall–Kier alpha value is -0.570. The number of amides is 1. The molecule has 1 unspecified atom stereocenters. The van der Waals surface area contributed by atoms with E-state index in [1.54, 1.807) is 0 Å². The van der Waals surface area contributed by atoms with Crippen LogP contribution in [0.2, 0.25) is 0 Å². The number of rotatable bonds is 3. The molecule has 1 aliphatic carbocycles. The number of likely N-dealkylation sites (tertiary alicyclic amines) is 1. The largest absolute Gasteiger partial charge is 0.396 e. The summed E-state index contributed by atoms with van der Waals surface area (Å²) in [4.78, 5) is 14.2. The first-order chi connectivity index (χ1) is 8.29. The predicted molar refractivity (Wildman–Crippen MR) is 67.6 cm³/mol. The van der Waals surface area contributed by atoms with E-state index in [9.17, 15) is 9.90 Å². The molecule has 0 aromatic carbocycles. The second-order valence-corrected chi connectivity index (χ2v) is 5.74. The first-order valence-corrected chi connectivity index (χ1v) is 7.18. The maximum Gasteiger partial charge on any atom is 0.222 e. The summed E-state index contributed by atoms with van der Waals surface area (Å²) in [5.41, 5.74) is 0. The summed E-state index contributed by atoms with van der Waals surface area (Å²) in [7, 11) is 0. The van der Waals surface area contributed by atoms with Crippen LogP contribution in [0.15, 0.2) is 0 Å². The Kier molecular flexibility index (Phi) is 4.84. The van der Waals surface area contributed by atoms with Gasteiger partial charge in [0.05, 0.1) is 0 Å². The summed E-state index contributed by atoms with van der Waals surface area (Å²) in [6.45, 7) is 1.91. The average molecular weight is 239 g/mol. The number of hydrogen-bond donors (Lipinski definition) is 1. The van der Waals surface area contributed by atoms with Gasteiger partial charge >= 0.3 is 0 Å². The van der Waals surface area contributed by atoms with Gasteiger partial charge in [0.25, 0.3) is 0 Å². The Labute approximate surface area is 104 Å². The number of hydrogen-bond acceptors (Lipinski definition) is 2. The van der Waals surface area contributed by atoms with Gasteiger partial charge in [0, 0.05) is 26.1 Å². The molecule has 1 saturated carbocycles. The SMILES string of the molecule is O=C(CC1CCCCC1)N1CCCC(CO)C1. The summed E-state index contributed by atoms with van der Waals surface area (Å²) >= 11 is 0. The molecular weight excluding hydrogens is 214 g/mol. The fourth-order valence-electron chi connectivity index (χ4n) is 3.21. The molecular formula is C14H25NO2. The molecule has 0 aromatic heterocycles. The van der Waals surface area contributed by atoms with Crippen LogP contribution in [-0.2, 0) is 4.79 Å². The van der Waals surface area contributed by atoms with Crippen LogP contribution in [0.25, 0.3) is 0 Å². The van der Waals surface area contributed by atoms with Gasteiger partial charge in [-0.15, -0.1) is 0 Å². The van der Waals surface area contributed by atoms with E-state index in [1.807, 2.05) is 4.90 Å². The second kappa shape index (κ2) is 6.39. The Morgan fingerprint density at radius 1 is 1.06 bits per heavy atom. The van der Waals surface area contributed by atoms with Gasteiger partial charge < -0.3 is 10.0 Å². The third kappa shape index (κ3) is 3.70. The summed E-state index contributed by atoms with van der Waals surface area (Å²) in [5.74, 6) is 1.28. The fourth-order valence-corrected chi connectivity index (χ4v) is 3.21. The minimum atomic E-state index is 0.229. The molecule has 3 nitrogen and oxygen atoms in total. The number of nitrogens with zero attached hydrogens (tertiary/aromatic N) is 1. The molecule has 0 aromatic rings. The van der Waals surface area contributed by atoms with E-state index in [4.69, 9.17) is 0 Å². The topological polar surface area (TPSA) is 40.5 Å². The van der Waals surface area contributed by atoms with E-state index in [0.29, 0.717) is 17.7 Å². The number of carbonyl (C=O) groups is 1. The van der Waals surface area contributed by atoms with Crippen LogP contribution < -0.4 is 0 Å². The van der Waals surface area contributed by atoms with Crippen molar-refractivity contribution < 1.29 is 9.90 Å². The van der Waals surface area contributed by atoms with Gasteiger partial charge in [-0.3, -0.25) is 4.79 Å². The lowest BCUT2D eigenvalue weighted by molar-refractivity contribution is -0.134. The van der Waals surface area contributed by atoms with Crippen LogP contribution in [0.3, 0.4) is 0 Å². The Morgan fingerprint density at radius 3 is 2.47 bits per heavy atom. The highest BCUT2D eigenvalue weighted by molar-refractivity contribution is 5.76. The van der Waals surface area contributed by atoms with Crippen molar-refractivity contribution in [3.8, 4) is 0 Å². The lowest BCUT2D eigenvalue weighted by Crippen LogP contribution is -2.41. The average Bonchev–Trinajstić information content (AvgIpc) is 2.40. The van der Waals surface area contributed by atoms with Crippen molar-refractivity contribution in [2.45, 2.75) is 51.4 Å². The molecule has 2 aliphatic rings. The number of piperidine rings is 1. The zero-order chi connectivity index (χ0) is 12.1. The molecule has 2 fully saturated rings. The third-order valence-corrected chi connectivity index (χ3v) is 4.32. The Morgan fingerprint density at radius 2 is 1.76 bits per heavy atom. The van der Waals surface area contributed by atoms with Crippen molar-refractivity contribution in [2.75, 3.05) is 19.7 Å². The predicted octanol–water partition coefficient (Wildman–Crippen LogP) is 2.19. The van der Waals surface area contributed by atoms with Crippen LogP contribution in [0.1, 0.15) is 51.4 Å². The molecule has 1 amide bonds. The first kappa shape index (κ1) is 12.9. The molecule has 0 bridgehead atoms. The number of aliphatic hydroxyl groups is 1. The van der Waals surface area contributed by atoms with Crippen LogP contribution in [0.5, 0.6) is 0 Å². The van der Waals surface area contributed by atoms with Crippen molar-refractivity contribution >= 4 is 5.91 Å². The zero-order valence-corrected chi connectivity index (χ0v) is 10.7. The smallest absolute Gasteiger partial charge is 0.222 e. The zero-order valence-electron chi connectivity index (χ0n) is 10.7. The van der Waals surface area contributed by atoms with E-state index < -0.39 is 0 Å². The van der Waals surface area contributed by atoms with Gasteiger partial charge in [0.2, 0.25) is 5.91 Å². The highest BCUT2D eigenvalue weighted by Crippen LogP contribution is 2.27. The van der Waals surface area contributed by atoms with E-state index in [-0.39, 0.29) is 6.61 Å². The number of aliphatic hydroxyl groups excluding tert-OH is 1. The molecule has 1 aliphatic heterocycles. The van der Waals surface area contributed by atoms with Crippen LogP contribution in [-0.4, -0.2) is 35.6 Å². The van der Waals surface area contributed by atoms with E-state index in [2.05, 4.69) is 0 Å². The Balaban J connectivity index is 1.78. The van der Waals surface area contributed by atoms with Crippen LogP contribution in [0, 0.1) is 11.8 Å². The summed E-state index contributed by atoms with van der Waals surface area (Å²) in [6.07, 6.45) is 9.31. The Bertz CT molecular complexity index is 249. The number of carbonyl (C=O) groups excluding carboxylic acids is 1. The fraction of sp³-hybridized carbons (Fsp3) is 0.929. The minimum Gasteiger partial charge on any atom is -0.396 e. The normalized spacial score (nSPS) is 27.1. The summed E-state index contributed by atoms with van der Waals surface area (Å²) in [6, 6.07) is 0. The van der Waals surface area contributed by atoms with Gasteiger partial charge in [-0.25, -0.2) is 0 Å². The molecule has 1 saturated heterocycles. The van der Waals surface area contributed by atoms with E-state index in [0.717, 1.165) is 32.4 Å². The minimum absolute atomic E-state index is 0.229. The molecule has 1 atom stereocenters. The molecule has 1 N–H and O–H groups in total. The van der Waals surface area contributed by atoms with Gasteiger partial charge in [-0.1, -0.05) is 19.3 Å². The molecule has 2 rings (SSSR count). The van der Waals surface area contributed by atoms with E-state index in [1.165, 1.54) is 32.1 Å². The van der Waals surface area contributed by atoms with Crippen molar-refractivity contribution in [2.24, 2.45) is 11.8 Å². The first-order valence-electron chi connectivity index (χ1n) is 7.18. The monoisotopic (exact) mass is 239 g/mol. The molecule has 0 radical (unpaired) electrons. The van der Waals surface area contributed by atoms with Crippen molar-refractivity contribution in [1.82, 2.24) is 4.90 Å². The van der Waals surface area contributed by atoms with Crippen molar-refractivity contribution in [3.63, 3.8) is 0 Å². The van der Waals surface area contributed by atoms with E-state index >= 15 is 0 Å². The van der Waals surface area contributed by atoms with Crippen LogP contribution in [0.4, 0.5) is 0 Å². The lowest BCUT2D eigenvalue weighted by Gasteiger charge is -2.33. The highest BCUT2D eigenvalue weighted by atomic mass is 16.3. The molecule has 17 heavy (non-hydrogen) atoms. The van der Waals surface area contributed by atoms with Crippen molar-refractivity contribution in [3.05, 3.63) is 0 Å². The standard InChI is InChI=1S/C14H25NO2/c16-11-13-7-4-8-15(10-13)14(17)9-12-5-2-1-3-6-12/h12-13,16H,1-11H2. The second-order valence-electron chi connectivity index (χ2n) is 5.74. The summed E-state index contributed by atoms with van der Waals surface area (Å²) in [5, 5.41) is 9.17. The lowest BCUT2D eigenvalue weighted by atomic mass is 9.86. The van der Waals surface area contributed by atoms with Crippen molar-refractivity contribution in [1.29, 1.82) is 0 Å². The third-order valence-electron chi connectivity index (χ3n) is 4.32. The van der Waals surface area contributed by atoms with Gasteiger partial charge in [0.1, 0.15) is 0 Å². The molecule has 0 spiro atoms. The molecule has 98 valence electrons. The maximum absolute atomic E-state index is 12.2. The van der Waals surface area contributed by atoms with Gasteiger partial charge in [-0.05, 0) is 37.5 Å². The quantitative estimate of drug-likeness (QED) is 0.820. The van der Waals surface area contributed by atoms with Crippen LogP contribution >= 0.6 is 0 Å².